The molecule has 1 rings (SSSR count). The Labute approximate surface area is 92.0 Å². The Bertz CT molecular complexity index is 228. The maximum Gasteiger partial charge on any atom is 0.122 e. The molecule has 1 fully saturated rings. The predicted octanol–water partition coefficient (Wildman–Crippen LogP) is 1.48. The van der Waals surface area contributed by atoms with E-state index in [9.17, 15) is 9.90 Å². The molecule has 0 spiro atoms. The Morgan fingerprint density at radius 3 is 2.80 bits per heavy atom. The maximum absolute atomic E-state index is 10.6. The molecule has 3 nitrogen and oxygen atoms in total. The molecule has 0 amide bonds. The number of carbonyl (C=O) groups excluding carboxylic acids is 1. The molecule has 0 aromatic heterocycles. The Balaban J connectivity index is 2.86. The Morgan fingerprint density at radius 2 is 2.33 bits per heavy atom. The molecular formula is C12H23NO2. The summed E-state index contributed by atoms with van der Waals surface area (Å²) in [7, 11) is 0. The number of rotatable bonds is 4. The summed E-state index contributed by atoms with van der Waals surface area (Å²) in [5, 5.41) is 10.4. The summed E-state index contributed by atoms with van der Waals surface area (Å²) in [4.78, 5) is 10.6. The zero-order valence-corrected chi connectivity index (χ0v) is 9.83. The fourth-order valence-electron chi connectivity index (χ4n) is 2.93. The van der Waals surface area contributed by atoms with Gasteiger partial charge in [0.1, 0.15) is 6.29 Å². The van der Waals surface area contributed by atoms with Crippen LogP contribution in [0.3, 0.4) is 0 Å². The van der Waals surface area contributed by atoms with Gasteiger partial charge < -0.3 is 15.6 Å². The Hall–Kier alpha value is -0.410. The van der Waals surface area contributed by atoms with Gasteiger partial charge in [-0.1, -0.05) is 19.8 Å². The summed E-state index contributed by atoms with van der Waals surface area (Å²) in [6.07, 6.45) is 5.18. The van der Waals surface area contributed by atoms with Gasteiger partial charge >= 0.3 is 0 Å². The highest BCUT2D eigenvalue weighted by Crippen LogP contribution is 2.47. The van der Waals surface area contributed by atoms with Crippen LogP contribution in [0.15, 0.2) is 0 Å². The van der Waals surface area contributed by atoms with Crippen molar-refractivity contribution in [2.24, 2.45) is 17.1 Å². The van der Waals surface area contributed by atoms with Crippen LogP contribution in [-0.4, -0.2) is 23.5 Å². The van der Waals surface area contributed by atoms with E-state index >= 15 is 0 Å². The number of hydrogen-bond acceptors (Lipinski definition) is 3. The molecule has 0 radical (unpaired) electrons. The van der Waals surface area contributed by atoms with Crippen molar-refractivity contribution in [3.05, 3.63) is 0 Å². The second-order valence-corrected chi connectivity index (χ2v) is 5.33. The van der Waals surface area contributed by atoms with Crippen LogP contribution in [0.25, 0.3) is 0 Å². The zero-order chi connectivity index (χ0) is 11.5. The van der Waals surface area contributed by atoms with E-state index in [0.717, 1.165) is 25.5 Å². The molecule has 0 aromatic carbocycles. The van der Waals surface area contributed by atoms with Crippen molar-refractivity contribution in [3.8, 4) is 0 Å². The van der Waals surface area contributed by atoms with Gasteiger partial charge in [0.15, 0.2) is 0 Å². The standard InChI is InChI=1S/C12H23NO2/c1-10-4-3-5-12(8-10,9-13)11(2,15)6-7-14/h7,10,15H,3-6,8-9,13H2,1-2H3. The lowest BCUT2D eigenvalue weighted by molar-refractivity contribution is -0.125. The molecule has 1 aliphatic carbocycles. The normalized spacial score (nSPS) is 35.9. The second kappa shape index (κ2) is 4.62. The van der Waals surface area contributed by atoms with Crippen LogP contribution in [0.1, 0.15) is 46.0 Å². The van der Waals surface area contributed by atoms with Crippen LogP contribution in [0, 0.1) is 11.3 Å². The average Bonchev–Trinajstić information content (AvgIpc) is 2.17. The van der Waals surface area contributed by atoms with Crippen molar-refractivity contribution in [1.29, 1.82) is 0 Å². The van der Waals surface area contributed by atoms with Gasteiger partial charge in [0.25, 0.3) is 0 Å². The summed E-state index contributed by atoms with van der Waals surface area (Å²) in [5.74, 6) is 0.598. The van der Waals surface area contributed by atoms with E-state index in [4.69, 9.17) is 5.73 Å². The minimum atomic E-state index is -0.946. The molecule has 1 aliphatic rings. The third-order valence-electron chi connectivity index (χ3n) is 4.11. The maximum atomic E-state index is 10.6. The summed E-state index contributed by atoms with van der Waals surface area (Å²) >= 11 is 0. The first-order valence-corrected chi connectivity index (χ1v) is 5.83. The molecular weight excluding hydrogens is 190 g/mol. The molecule has 0 aromatic rings. The molecule has 0 heterocycles. The lowest BCUT2D eigenvalue weighted by atomic mass is 9.60. The van der Waals surface area contributed by atoms with E-state index < -0.39 is 5.60 Å². The topological polar surface area (TPSA) is 63.3 Å². The summed E-state index contributed by atoms with van der Waals surface area (Å²) in [6.45, 7) is 4.42. The highest BCUT2D eigenvalue weighted by atomic mass is 16.3. The highest BCUT2D eigenvalue weighted by molar-refractivity contribution is 5.51. The monoisotopic (exact) mass is 213 g/mol. The highest BCUT2D eigenvalue weighted by Gasteiger charge is 2.47. The average molecular weight is 213 g/mol. The number of aldehydes is 1. The molecule has 3 unspecified atom stereocenters. The fourth-order valence-corrected chi connectivity index (χ4v) is 2.93. The minimum absolute atomic E-state index is 0.191. The SMILES string of the molecule is CC1CCCC(CN)(C(C)(O)CC=O)C1. The van der Waals surface area contributed by atoms with Gasteiger partial charge in [-0.15, -0.1) is 0 Å². The Kier molecular flexibility index (Phi) is 3.90. The van der Waals surface area contributed by atoms with Crippen LogP contribution >= 0.6 is 0 Å². The molecule has 3 heteroatoms. The molecule has 15 heavy (non-hydrogen) atoms. The number of aliphatic hydroxyl groups is 1. The van der Waals surface area contributed by atoms with Crippen molar-refractivity contribution in [3.63, 3.8) is 0 Å². The molecule has 3 atom stereocenters. The van der Waals surface area contributed by atoms with E-state index in [-0.39, 0.29) is 11.8 Å². The van der Waals surface area contributed by atoms with E-state index in [1.54, 1.807) is 6.92 Å². The molecule has 1 saturated carbocycles. The van der Waals surface area contributed by atoms with E-state index in [2.05, 4.69) is 6.92 Å². The quantitative estimate of drug-likeness (QED) is 0.695. The molecule has 3 N–H and O–H groups in total. The van der Waals surface area contributed by atoms with Crippen molar-refractivity contribution in [2.75, 3.05) is 6.54 Å². The first kappa shape index (κ1) is 12.7. The number of nitrogens with two attached hydrogens (primary N) is 1. The third kappa shape index (κ3) is 2.40. The van der Waals surface area contributed by atoms with Gasteiger partial charge in [0.2, 0.25) is 0 Å². The minimum Gasteiger partial charge on any atom is -0.389 e. The van der Waals surface area contributed by atoms with Crippen LogP contribution in [-0.2, 0) is 4.79 Å². The molecule has 0 saturated heterocycles. The summed E-state index contributed by atoms with van der Waals surface area (Å²) < 4.78 is 0. The lowest BCUT2D eigenvalue weighted by Gasteiger charge is -2.48. The van der Waals surface area contributed by atoms with Crippen LogP contribution < -0.4 is 5.73 Å². The smallest absolute Gasteiger partial charge is 0.122 e. The van der Waals surface area contributed by atoms with E-state index in [1.165, 1.54) is 6.42 Å². The lowest BCUT2D eigenvalue weighted by Crippen LogP contribution is -2.53. The van der Waals surface area contributed by atoms with Gasteiger partial charge in [0, 0.05) is 18.4 Å². The first-order chi connectivity index (χ1) is 6.97. The Morgan fingerprint density at radius 1 is 1.67 bits per heavy atom. The van der Waals surface area contributed by atoms with Crippen molar-refractivity contribution >= 4 is 6.29 Å². The second-order valence-electron chi connectivity index (χ2n) is 5.33. The molecule has 0 aliphatic heterocycles. The van der Waals surface area contributed by atoms with E-state index in [0.29, 0.717) is 12.5 Å². The van der Waals surface area contributed by atoms with Crippen molar-refractivity contribution in [1.82, 2.24) is 0 Å². The van der Waals surface area contributed by atoms with Gasteiger partial charge in [-0.2, -0.15) is 0 Å². The third-order valence-corrected chi connectivity index (χ3v) is 4.11. The van der Waals surface area contributed by atoms with Gasteiger partial charge in [0.05, 0.1) is 5.60 Å². The van der Waals surface area contributed by atoms with Crippen molar-refractivity contribution < 1.29 is 9.90 Å². The van der Waals surface area contributed by atoms with Crippen LogP contribution in [0.5, 0.6) is 0 Å². The number of hydrogen-bond donors (Lipinski definition) is 2. The largest absolute Gasteiger partial charge is 0.389 e. The van der Waals surface area contributed by atoms with E-state index in [1.807, 2.05) is 0 Å². The van der Waals surface area contributed by atoms with Crippen molar-refractivity contribution in [2.45, 2.75) is 51.6 Å². The summed E-state index contributed by atoms with van der Waals surface area (Å²) in [5.41, 5.74) is 4.64. The fraction of sp³-hybridized carbons (Fsp3) is 0.917. The number of carbonyl (C=O) groups is 1. The van der Waals surface area contributed by atoms with Gasteiger partial charge in [-0.25, -0.2) is 0 Å². The first-order valence-electron chi connectivity index (χ1n) is 5.83. The van der Waals surface area contributed by atoms with Crippen LogP contribution in [0.4, 0.5) is 0 Å². The summed E-state index contributed by atoms with van der Waals surface area (Å²) in [6, 6.07) is 0. The predicted molar refractivity (Wildman–Crippen MR) is 60.4 cm³/mol. The van der Waals surface area contributed by atoms with Crippen LogP contribution in [0.2, 0.25) is 0 Å². The molecule has 88 valence electrons. The molecule has 0 bridgehead atoms. The van der Waals surface area contributed by atoms with Gasteiger partial charge in [-0.05, 0) is 25.7 Å². The van der Waals surface area contributed by atoms with Gasteiger partial charge in [-0.3, -0.25) is 0 Å². The zero-order valence-electron chi connectivity index (χ0n) is 9.83.